The van der Waals surface area contributed by atoms with Crippen LogP contribution >= 0.6 is 0 Å². The second-order valence-electron chi connectivity index (χ2n) is 10.1. The molecule has 3 aromatic rings. The second-order valence-corrected chi connectivity index (χ2v) is 10.1. The van der Waals surface area contributed by atoms with Crippen LogP contribution in [0.4, 0.5) is 5.82 Å². The lowest BCUT2D eigenvalue weighted by molar-refractivity contribution is -0.120. The van der Waals surface area contributed by atoms with Crippen molar-refractivity contribution in [1.82, 2.24) is 15.0 Å². The van der Waals surface area contributed by atoms with E-state index < -0.39 is 0 Å². The van der Waals surface area contributed by atoms with Gasteiger partial charge >= 0.3 is 0 Å². The van der Waals surface area contributed by atoms with Crippen LogP contribution < -0.4 is 5.32 Å². The topological polar surface area (TPSA) is 87.7 Å². The predicted molar refractivity (Wildman–Crippen MR) is 148 cm³/mol. The number of carbonyl (C=O) groups excluding carboxylic acids is 2. The Morgan fingerprint density at radius 2 is 1.92 bits per heavy atom. The van der Waals surface area contributed by atoms with Crippen LogP contribution in [-0.2, 0) is 9.59 Å². The van der Waals surface area contributed by atoms with Crippen LogP contribution in [0.1, 0.15) is 69.3 Å². The summed E-state index contributed by atoms with van der Waals surface area (Å²) < 4.78 is 0. The maximum absolute atomic E-state index is 13.2. The van der Waals surface area contributed by atoms with Crippen LogP contribution in [0.5, 0.6) is 0 Å². The van der Waals surface area contributed by atoms with Crippen LogP contribution in [-0.4, -0.2) is 26.6 Å². The number of nitrogens with zero attached hydrogens (tertiary/aromatic N) is 2. The zero-order valence-corrected chi connectivity index (χ0v) is 21.2. The number of hydrogen-bond acceptors (Lipinski definition) is 4. The summed E-state index contributed by atoms with van der Waals surface area (Å²) in [5.41, 5.74) is 4.34. The molecule has 0 aliphatic heterocycles. The number of pyridine rings is 1. The molecular formula is C31H34N4O2. The Balaban J connectivity index is 1.32. The standard InChI is InChI=1S/C31H34N4O2/c1-2-10-25(29(36)22-11-8-5-9-12-22)21-15-17-23(18-16-21)30-33-26-19-28(32-20-27(26)34-30)35-31(37)24-13-6-3-4-7-14-24/h2,5,8,11,15-20,24-25H,1,3-4,6-7,9-10,12-14H2,(H,33,34)(H,32,35,37). The Morgan fingerprint density at radius 1 is 1.14 bits per heavy atom. The number of carbonyl (C=O) groups is 2. The summed E-state index contributed by atoms with van der Waals surface area (Å²) in [6.45, 7) is 3.87. The van der Waals surface area contributed by atoms with Crippen LogP contribution in [0.2, 0.25) is 0 Å². The van der Waals surface area contributed by atoms with Gasteiger partial charge in [-0.15, -0.1) is 6.58 Å². The maximum Gasteiger partial charge on any atom is 0.228 e. The molecular weight excluding hydrogens is 460 g/mol. The van der Waals surface area contributed by atoms with E-state index in [0.717, 1.165) is 72.1 Å². The molecule has 2 aliphatic carbocycles. The van der Waals surface area contributed by atoms with Gasteiger partial charge in [-0.05, 0) is 43.2 Å². The quantitative estimate of drug-likeness (QED) is 0.260. The summed E-state index contributed by atoms with van der Waals surface area (Å²) in [5.74, 6) is 1.32. The molecule has 1 fully saturated rings. The van der Waals surface area contributed by atoms with Gasteiger partial charge in [-0.25, -0.2) is 9.97 Å². The van der Waals surface area contributed by atoms with E-state index in [9.17, 15) is 9.59 Å². The van der Waals surface area contributed by atoms with E-state index in [2.05, 4.69) is 27.9 Å². The molecule has 2 N–H and O–H groups in total. The lowest BCUT2D eigenvalue weighted by Crippen LogP contribution is -2.22. The van der Waals surface area contributed by atoms with E-state index in [1.54, 1.807) is 6.20 Å². The molecule has 1 saturated carbocycles. The number of fused-ring (bicyclic) bond motifs is 1. The van der Waals surface area contributed by atoms with Gasteiger partial charge in [0.1, 0.15) is 11.6 Å². The lowest BCUT2D eigenvalue weighted by atomic mass is 9.85. The number of hydrogen-bond donors (Lipinski definition) is 2. The maximum atomic E-state index is 13.2. The first-order valence-electron chi connectivity index (χ1n) is 13.4. The Kier molecular flexibility index (Phi) is 7.73. The van der Waals surface area contributed by atoms with Gasteiger partial charge in [0.05, 0.1) is 23.1 Å². The molecule has 1 aromatic carbocycles. The van der Waals surface area contributed by atoms with E-state index in [1.807, 2.05) is 48.6 Å². The summed E-state index contributed by atoms with van der Waals surface area (Å²) in [4.78, 5) is 38.4. The number of benzene rings is 1. The first-order valence-corrected chi connectivity index (χ1v) is 13.4. The molecule has 0 saturated heterocycles. The number of amides is 1. The number of rotatable bonds is 8. The highest BCUT2D eigenvalue weighted by atomic mass is 16.2. The third-order valence-electron chi connectivity index (χ3n) is 7.48. The Bertz CT molecular complexity index is 1340. The second kappa shape index (κ2) is 11.5. The van der Waals surface area contributed by atoms with Crippen molar-refractivity contribution in [3.63, 3.8) is 0 Å². The van der Waals surface area contributed by atoms with E-state index in [1.165, 1.54) is 12.8 Å². The third kappa shape index (κ3) is 5.79. The highest BCUT2D eigenvalue weighted by Crippen LogP contribution is 2.30. The third-order valence-corrected chi connectivity index (χ3v) is 7.48. The zero-order valence-electron chi connectivity index (χ0n) is 21.2. The van der Waals surface area contributed by atoms with Crippen LogP contribution in [0, 0.1) is 5.92 Å². The minimum Gasteiger partial charge on any atom is -0.337 e. The molecule has 190 valence electrons. The van der Waals surface area contributed by atoms with Gasteiger partial charge < -0.3 is 10.3 Å². The molecule has 6 nitrogen and oxygen atoms in total. The van der Waals surface area contributed by atoms with Gasteiger partial charge in [0.25, 0.3) is 0 Å². The van der Waals surface area contributed by atoms with Crippen molar-refractivity contribution >= 4 is 28.5 Å². The first-order chi connectivity index (χ1) is 18.1. The van der Waals surface area contributed by atoms with Gasteiger partial charge in [0.15, 0.2) is 5.78 Å². The predicted octanol–water partition coefficient (Wildman–Crippen LogP) is 7.04. The molecule has 1 amide bonds. The van der Waals surface area contributed by atoms with E-state index in [4.69, 9.17) is 4.98 Å². The number of aromatic amines is 1. The number of aromatic nitrogens is 3. The molecule has 1 unspecified atom stereocenters. The summed E-state index contributed by atoms with van der Waals surface area (Å²) in [6, 6.07) is 9.82. The van der Waals surface area contributed by atoms with Crippen molar-refractivity contribution in [2.75, 3.05) is 5.32 Å². The molecule has 2 aliphatic rings. The Morgan fingerprint density at radius 3 is 2.62 bits per heavy atom. The van der Waals surface area contributed by atoms with Gasteiger partial charge in [-0.1, -0.05) is 74.3 Å². The molecule has 0 spiro atoms. The molecule has 5 rings (SSSR count). The molecule has 0 bridgehead atoms. The zero-order chi connectivity index (χ0) is 25.6. The monoisotopic (exact) mass is 494 g/mol. The number of H-pyrrole nitrogens is 1. The Labute approximate surface area is 218 Å². The highest BCUT2D eigenvalue weighted by molar-refractivity contribution is 6.01. The van der Waals surface area contributed by atoms with Crippen molar-refractivity contribution in [2.45, 2.75) is 63.7 Å². The minimum atomic E-state index is -0.233. The van der Waals surface area contributed by atoms with Crippen LogP contribution in [0.15, 0.2) is 73.0 Å². The van der Waals surface area contributed by atoms with E-state index in [0.29, 0.717) is 12.2 Å². The SMILES string of the molecule is C=CCC(C(=O)C1=CC=CCC1)c1ccc(-c2nc3cc(NC(=O)C4CCCCCC4)ncc3[nH]2)cc1. The van der Waals surface area contributed by atoms with Crippen molar-refractivity contribution in [3.8, 4) is 11.4 Å². The number of anilines is 1. The number of imidazole rings is 1. The highest BCUT2D eigenvalue weighted by Gasteiger charge is 2.23. The normalized spacial score (nSPS) is 17.1. The van der Waals surface area contributed by atoms with Gasteiger partial charge in [0.2, 0.25) is 5.91 Å². The number of nitrogens with one attached hydrogen (secondary N) is 2. The average Bonchev–Trinajstić information content (AvgIpc) is 3.16. The largest absolute Gasteiger partial charge is 0.337 e. The molecule has 2 aromatic heterocycles. The average molecular weight is 495 g/mol. The molecule has 0 radical (unpaired) electrons. The number of Topliss-reactive ketones (excluding diaryl/α,β-unsaturated/α-hetero) is 1. The summed E-state index contributed by atoms with van der Waals surface area (Å²) in [5, 5.41) is 3.00. The lowest BCUT2D eigenvalue weighted by Gasteiger charge is -2.18. The molecule has 1 atom stereocenters. The fourth-order valence-corrected chi connectivity index (χ4v) is 5.35. The smallest absolute Gasteiger partial charge is 0.228 e. The fourth-order valence-electron chi connectivity index (χ4n) is 5.35. The first kappa shape index (κ1) is 24.9. The van der Waals surface area contributed by atoms with E-state index >= 15 is 0 Å². The summed E-state index contributed by atoms with van der Waals surface area (Å²) in [7, 11) is 0. The van der Waals surface area contributed by atoms with Gasteiger partial charge in [-0.3, -0.25) is 9.59 Å². The number of allylic oxidation sites excluding steroid dienone is 5. The minimum absolute atomic E-state index is 0.0590. The molecule has 2 heterocycles. The number of ketones is 1. The Hall–Kier alpha value is -3.80. The van der Waals surface area contributed by atoms with Gasteiger partial charge in [0, 0.05) is 17.5 Å². The van der Waals surface area contributed by atoms with Crippen LogP contribution in [0.25, 0.3) is 22.4 Å². The van der Waals surface area contributed by atoms with Crippen molar-refractivity contribution in [3.05, 3.63) is 78.5 Å². The van der Waals surface area contributed by atoms with Crippen molar-refractivity contribution in [1.29, 1.82) is 0 Å². The van der Waals surface area contributed by atoms with Gasteiger partial charge in [-0.2, -0.15) is 0 Å². The summed E-state index contributed by atoms with van der Waals surface area (Å²) in [6.07, 6.45) is 18.4. The van der Waals surface area contributed by atoms with E-state index in [-0.39, 0.29) is 23.5 Å². The molecule has 37 heavy (non-hydrogen) atoms. The van der Waals surface area contributed by atoms with Crippen molar-refractivity contribution < 1.29 is 9.59 Å². The van der Waals surface area contributed by atoms with Crippen LogP contribution in [0.3, 0.4) is 0 Å². The summed E-state index contributed by atoms with van der Waals surface area (Å²) >= 11 is 0. The van der Waals surface area contributed by atoms with Crippen molar-refractivity contribution in [2.24, 2.45) is 5.92 Å². The fraction of sp³-hybridized carbons (Fsp3) is 0.355. The molecule has 6 heteroatoms.